The molecule has 0 radical (unpaired) electrons. The van der Waals surface area contributed by atoms with E-state index in [0.717, 1.165) is 6.42 Å². The Morgan fingerprint density at radius 3 is 2.69 bits per heavy atom. The van der Waals surface area contributed by atoms with Crippen molar-refractivity contribution in [2.75, 3.05) is 0 Å². The van der Waals surface area contributed by atoms with Crippen molar-refractivity contribution in [2.24, 2.45) is 5.73 Å². The highest BCUT2D eigenvalue weighted by atomic mass is 15.0. The quantitative estimate of drug-likeness (QED) is 0.818. The first-order valence-electron chi connectivity index (χ1n) is 6.32. The largest absolute Gasteiger partial charge is 0.328 e. The molecular formula is C14H22N2. The van der Waals surface area contributed by atoms with Gasteiger partial charge in [0.15, 0.2) is 0 Å². The molecule has 2 heteroatoms. The maximum Gasteiger partial charge on any atom is 0.0294 e. The van der Waals surface area contributed by atoms with Gasteiger partial charge in [0, 0.05) is 18.1 Å². The van der Waals surface area contributed by atoms with Crippen LogP contribution in [0.4, 0.5) is 0 Å². The van der Waals surface area contributed by atoms with Gasteiger partial charge in [-0.05, 0) is 31.7 Å². The van der Waals surface area contributed by atoms with Gasteiger partial charge in [0.05, 0.1) is 0 Å². The van der Waals surface area contributed by atoms with E-state index >= 15 is 0 Å². The molecule has 1 aromatic rings. The first-order valence-corrected chi connectivity index (χ1v) is 6.32. The molecule has 0 aromatic heterocycles. The summed E-state index contributed by atoms with van der Waals surface area (Å²) >= 11 is 0. The van der Waals surface area contributed by atoms with Crippen molar-refractivity contribution in [2.45, 2.75) is 50.7 Å². The average Bonchev–Trinajstić information content (AvgIpc) is 2.30. The molecule has 88 valence electrons. The normalized spacial score (nSPS) is 27.6. The molecule has 0 saturated heterocycles. The van der Waals surface area contributed by atoms with Crippen molar-refractivity contribution in [3.8, 4) is 0 Å². The van der Waals surface area contributed by atoms with Crippen LogP contribution < -0.4 is 11.1 Å². The number of hydrogen-bond donors (Lipinski definition) is 2. The van der Waals surface area contributed by atoms with Gasteiger partial charge in [-0.3, -0.25) is 0 Å². The first kappa shape index (κ1) is 11.6. The first-order chi connectivity index (χ1) is 7.75. The summed E-state index contributed by atoms with van der Waals surface area (Å²) in [5.41, 5.74) is 7.36. The third-order valence-electron chi connectivity index (χ3n) is 3.50. The van der Waals surface area contributed by atoms with Crippen LogP contribution in [0.1, 0.15) is 44.2 Å². The second kappa shape index (κ2) is 5.46. The van der Waals surface area contributed by atoms with E-state index in [4.69, 9.17) is 5.73 Å². The average molecular weight is 218 g/mol. The lowest BCUT2D eigenvalue weighted by atomic mass is 9.91. The number of hydrogen-bond acceptors (Lipinski definition) is 2. The van der Waals surface area contributed by atoms with E-state index in [-0.39, 0.29) is 0 Å². The maximum absolute atomic E-state index is 6.00. The van der Waals surface area contributed by atoms with Gasteiger partial charge in [-0.15, -0.1) is 0 Å². The Hall–Kier alpha value is -0.860. The van der Waals surface area contributed by atoms with Crippen molar-refractivity contribution < 1.29 is 0 Å². The zero-order valence-electron chi connectivity index (χ0n) is 10.0. The van der Waals surface area contributed by atoms with Crippen molar-refractivity contribution in [1.82, 2.24) is 5.32 Å². The Bertz CT molecular complexity index is 310. The molecule has 0 spiro atoms. The number of rotatable bonds is 3. The lowest BCUT2D eigenvalue weighted by Gasteiger charge is -2.30. The van der Waals surface area contributed by atoms with E-state index in [1.165, 1.54) is 24.8 Å². The van der Waals surface area contributed by atoms with Gasteiger partial charge >= 0.3 is 0 Å². The summed E-state index contributed by atoms with van der Waals surface area (Å²) in [6.07, 6.45) is 4.85. The standard InChI is InChI=1S/C14H22N2/c1-11(12-6-3-2-4-7-12)16-14-9-5-8-13(15)10-14/h2-4,6-7,11,13-14,16H,5,8-10,15H2,1H3/t11-,13?,14?/m0/s1. The molecule has 3 N–H and O–H groups in total. The summed E-state index contributed by atoms with van der Waals surface area (Å²) in [5, 5.41) is 3.69. The molecule has 0 heterocycles. The molecule has 2 nitrogen and oxygen atoms in total. The Kier molecular flexibility index (Phi) is 3.97. The van der Waals surface area contributed by atoms with Gasteiger partial charge < -0.3 is 11.1 Å². The number of benzene rings is 1. The summed E-state index contributed by atoms with van der Waals surface area (Å²) in [6.45, 7) is 2.23. The van der Waals surface area contributed by atoms with E-state index in [2.05, 4.69) is 42.6 Å². The summed E-state index contributed by atoms with van der Waals surface area (Å²) < 4.78 is 0. The zero-order chi connectivity index (χ0) is 11.4. The fourth-order valence-corrected chi connectivity index (χ4v) is 2.57. The van der Waals surface area contributed by atoms with Crippen LogP contribution in [0.25, 0.3) is 0 Å². The molecule has 1 aliphatic carbocycles. The second-order valence-electron chi connectivity index (χ2n) is 4.92. The van der Waals surface area contributed by atoms with E-state index in [1.54, 1.807) is 0 Å². The Morgan fingerprint density at radius 2 is 2.00 bits per heavy atom. The third kappa shape index (κ3) is 3.06. The summed E-state index contributed by atoms with van der Waals surface area (Å²) in [4.78, 5) is 0. The lowest BCUT2D eigenvalue weighted by Crippen LogP contribution is -2.40. The summed E-state index contributed by atoms with van der Waals surface area (Å²) in [7, 11) is 0. The van der Waals surface area contributed by atoms with E-state index < -0.39 is 0 Å². The van der Waals surface area contributed by atoms with Gasteiger partial charge in [0.25, 0.3) is 0 Å². The lowest BCUT2D eigenvalue weighted by molar-refractivity contribution is 0.319. The highest BCUT2D eigenvalue weighted by molar-refractivity contribution is 5.18. The minimum absolute atomic E-state index is 0.397. The van der Waals surface area contributed by atoms with Crippen LogP contribution in [0, 0.1) is 0 Å². The van der Waals surface area contributed by atoms with Gasteiger partial charge in [0.1, 0.15) is 0 Å². The van der Waals surface area contributed by atoms with Crippen LogP contribution in [-0.2, 0) is 0 Å². The topological polar surface area (TPSA) is 38.0 Å². The van der Waals surface area contributed by atoms with E-state index in [9.17, 15) is 0 Å². The van der Waals surface area contributed by atoms with E-state index in [0.29, 0.717) is 18.1 Å². The van der Waals surface area contributed by atoms with Crippen LogP contribution in [0.5, 0.6) is 0 Å². The van der Waals surface area contributed by atoms with Crippen LogP contribution in [0.3, 0.4) is 0 Å². The molecular weight excluding hydrogens is 196 g/mol. The minimum atomic E-state index is 0.397. The predicted molar refractivity (Wildman–Crippen MR) is 68.2 cm³/mol. The maximum atomic E-state index is 6.00. The molecule has 1 saturated carbocycles. The van der Waals surface area contributed by atoms with Gasteiger partial charge in [-0.25, -0.2) is 0 Å². The van der Waals surface area contributed by atoms with Crippen LogP contribution in [0.2, 0.25) is 0 Å². The highest BCUT2D eigenvalue weighted by Gasteiger charge is 2.20. The Morgan fingerprint density at radius 1 is 1.25 bits per heavy atom. The highest BCUT2D eigenvalue weighted by Crippen LogP contribution is 2.20. The molecule has 1 fully saturated rings. The number of nitrogens with one attached hydrogen (secondary N) is 1. The van der Waals surface area contributed by atoms with Crippen molar-refractivity contribution in [3.05, 3.63) is 35.9 Å². The molecule has 2 unspecified atom stereocenters. The fourth-order valence-electron chi connectivity index (χ4n) is 2.57. The monoisotopic (exact) mass is 218 g/mol. The molecule has 3 atom stereocenters. The SMILES string of the molecule is C[C@H](NC1CCCC(N)C1)c1ccccc1. The molecule has 0 aliphatic heterocycles. The molecule has 1 aliphatic rings. The second-order valence-corrected chi connectivity index (χ2v) is 4.92. The van der Waals surface area contributed by atoms with Crippen molar-refractivity contribution in [1.29, 1.82) is 0 Å². The van der Waals surface area contributed by atoms with Crippen LogP contribution in [-0.4, -0.2) is 12.1 Å². The molecule has 2 rings (SSSR count). The molecule has 0 amide bonds. The Labute approximate surface area is 98.2 Å². The van der Waals surface area contributed by atoms with Crippen molar-refractivity contribution >= 4 is 0 Å². The molecule has 1 aromatic carbocycles. The summed E-state index contributed by atoms with van der Waals surface area (Å²) in [5.74, 6) is 0. The molecule has 0 bridgehead atoms. The van der Waals surface area contributed by atoms with Crippen molar-refractivity contribution in [3.63, 3.8) is 0 Å². The zero-order valence-corrected chi connectivity index (χ0v) is 10.0. The molecule has 16 heavy (non-hydrogen) atoms. The fraction of sp³-hybridized carbons (Fsp3) is 0.571. The Balaban J connectivity index is 1.89. The van der Waals surface area contributed by atoms with Gasteiger partial charge in [0.2, 0.25) is 0 Å². The smallest absolute Gasteiger partial charge is 0.0294 e. The van der Waals surface area contributed by atoms with Gasteiger partial charge in [-0.2, -0.15) is 0 Å². The third-order valence-corrected chi connectivity index (χ3v) is 3.50. The minimum Gasteiger partial charge on any atom is -0.328 e. The van der Waals surface area contributed by atoms with Gasteiger partial charge in [-0.1, -0.05) is 36.8 Å². The number of nitrogens with two attached hydrogens (primary N) is 1. The van der Waals surface area contributed by atoms with Crippen LogP contribution >= 0.6 is 0 Å². The summed E-state index contributed by atoms with van der Waals surface area (Å²) in [6, 6.07) is 12.0. The van der Waals surface area contributed by atoms with Crippen LogP contribution in [0.15, 0.2) is 30.3 Å². The van der Waals surface area contributed by atoms with E-state index in [1.807, 2.05) is 0 Å². The predicted octanol–water partition coefficient (Wildman–Crippen LogP) is 2.61.